The molecule has 3 aromatic rings. The van der Waals surface area contributed by atoms with E-state index in [1.54, 1.807) is 6.20 Å². The zero-order valence-electron chi connectivity index (χ0n) is 22.1. The van der Waals surface area contributed by atoms with Gasteiger partial charge in [-0.05, 0) is 68.6 Å². The summed E-state index contributed by atoms with van der Waals surface area (Å²) in [5.41, 5.74) is 5.56. The van der Waals surface area contributed by atoms with Crippen LogP contribution in [-0.4, -0.2) is 47.9 Å². The maximum absolute atomic E-state index is 13.7. The molecule has 0 bridgehead atoms. The number of allylic oxidation sites excluding steroid dienone is 1. The fraction of sp³-hybridized carbons (Fsp3) is 0.344. The third kappa shape index (κ3) is 5.86. The average molecular weight is 509 g/mol. The van der Waals surface area contributed by atoms with Crippen molar-refractivity contribution in [2.45, 2.75) is 45.1 Å². The molecule has 1 fully saturated rings. The van der Waals surface area contributed by atoms with E-state index in [0.717, 1.165) is 48.4 Å². The van der Waals surface area contributed by atoms with E-state index in [9.17, 15) is 9.59 Å². The molecule has 38 heavy (non-hydrogen) atoms. The summed E-state index contributed by atoms with van der Waals surface area (Å²) in [5.74, 6) is -0.0727. The average Bonchev–Trinajstić information content (AvgIpc) is 2.96. The van der Waals surface area contributed by atoms with E-state index in [-0.39, 0.29) is 17.7 Å². The van der Waals surface area contributed by atoms with Gasteiger partial charge in [0, 0.05) is 48.1 Å². The van der Waals surface area contributed by atoms with Crippen molar-refractivity contribution in [1.29, 1.82) is 0 Å². The van der Waals surface area contributed by atoms with Crippen LogP contribution in [0.2, 0.25) is 0 Å². The standard InChI is InChI=1S/C32H36N4O2/c1-2-27-28(21-24-9-5-3-6-10-24)29-22-33-16-15-30(29)36(32(27)38)23-25-11-13-26(14-12-25)31(37)34-17-20-35-18-7-4-8-19-35/h2-3,5-6,9-16,22,28H,4,7-8,17-21,23H2,1H3,(H,34,37). The molecule has 1 atom stereocenters. The fourth-order valence-electron chi connectivity index (χ4n) is 5.60. The Morgan fingerprint density at radius 2 is 1.76 bits per heavy atom. The van der Waals surface area contributed by atoms with Crippen LogP contribution in [0.1, 0.15) is 59.2 Å². The molecule has 0 saturated carbocycles. The van der Waals surface area contributed by atoms with Gasteiger partial charge >= 0.3 is 0 Å². The summed E-state index contributed by atoms with van der Waals surface area (Å²) in [6, 6.07) is 19.8. The molecule has 0 spiro atoms. The summed E-state index contributed by atoms with van der Waals surface area (Å²) in [6.45, 7) is 6.17. The van der Waals surface area contributed by atoms with E-state index in [4.69, 9.17) is 0 Å². The lowest BCUT2D eigenvalue weighted by Gasteiger charge is -2.36. The number of pyridine rings is 1. The first-order valence-electron chi connectivity index (χ1n) is 13.7. The van der Waals surface area contributed by atoms with E-state index in [0.29, 0.717) is 18.7 Å². The summed E-state index contributed by atoms with van der Waals surface area (Å²) in [4.78, 5) is 35.0. The number of hydrogen-bond acceptors (Lipinski definition) is 4. The van der Waals surface area contributed by atoms with Crippen LogP contribution in [0.5, 0.6) is 0 Å². The molecule has 5 rings (SSSR count). The molecule has 2 amide bonds. The SMILES string of the molecule is CC=C1C(=O)N(Cc2ccc(C(=O)NCCN3CCCCC3)cc2)c2ccncc2C1Cc1ccccc1. The Hall–Kier alpha value is -3.77. The van der Waals surface area contributed by atoms with Crippen LogP contribution >= 0.6 is 0 Å². The van der Waals surface area contributed by atoms with Crippen LogP contribution in [0.15, 0.2) is 84.7 Å². The number of anilines is 1. The number of nitrogens with one attached hydrogen (secondary N) is 1. The Morgan fingerprint density at radius 3 is 2.50 bits per heavy atom. The van der Waals surface area contributed by atoms with Crippen molar-refractivity contribution < 1.29 is 9.59 Å². The highest BCUT2D eigenvalue weighted by Crippen LogP contribution is 2.41. The number of carbonyl (C=O) groups is 2. The number of carbonyl (C=O) groups excluding carboxylic acids is 2. The molecule has 2 aliphatic heterocycles. The van der Waals surface area contributed by atoms with Gasteiger partial charge in [0.25, 0.3) is 11.8 Å². The van der Waals surface area contributed by atoms with Crippen molar-refractivity contribution in [2.75, 3.05) is 31.1 Å². The number of rotatable bonds is 8. The third-order valence-electron chi connectivity index (χ3n) is 7.67. The van der Waals surface area contributed by atoms with Gasteiger partial charge in [-0.25, -0.2) is 0 Å². The fourth-order valence-corrected chi connectivity index (χ4v) is 5.60. The summed E-state index contributed by atoms with van der Waals surface area (Å²) in [5, 5.41) is 3.05. The first-order chi connectivity index (χ1) is 18.6. The lowest BCUT2D eigenvalue weighted by molar-refractivity contribution is -0.115. The second kappa shape index (κ2) is 12.2. The summed E-state index contributed by atoms with van der Waals surface area (Å²) >= 11 is 0. The van der Waals surface area contributed by atoms with Crippen LogP contribution in [0.25, 0.3) is 0 Å². The molecule has 196 valence electrons. The molecule has 0 radical (unpaired) electrons. The molecule has 0 aliphatic carbocycles. The molecule has 1 aromatic heterocycles. The number of piperidine rings is 1. The highest BCUT2D eigenvalue weighted by Gasteiger charge is 2.35. The minimum absolute atomic E-state index is 0.0201. The normalized spacial score (nSPS) is 18.9. The van der Waals surface area contributed by atoms with E-state index in [1.165, 1.54) is 24.8 Å². The maximum Gasteiger partial charge on any atom is 0.254 e. The van der Waals surface area contributed by atoms with Gasteiger partial charge < -0.3 is 15.1 Å². The van der Waals surface area contributed by atoms with Gasteiger partial charge in [-0.3, -0.25) is 14.6 Å². The number of likely N-dealkylation sites (tertiary alicyclic amines) is 1. The molecule has 1 saturated heterocycles. The Kier molecular flexibility index (Phi) is 8.29. The first-order valence-corrected chi connectivity index (χ1v) is 13.7. The Labute approximate surface area is 225 Å². The number of benzene rings is 2. The first kappa shape index (κ1) is 25.9. The van der Waals surface area contributed by atoms with Crippen molar-refractivity contribution in [3.63, 3.8) is 0 Å². The van der Waals surface area contributed by atoms with Gasteiger partial charge in [0.15, 0.2) is 0 Å². The highest BCUT2D eigenvalue weighted by atomic mass is 16.2. The van der Waals surface area contributed by atoms with Crippen molar-refractivity contribution in [1.82, 2.24) is 15.2 Å². The Bertz CT molecular complexity index is 1280. The molecule has 2 aliphatic rings. The van der Waals surface area contributed by atoms with Gasteiger partial charge in [-0.2, -0.15) is 0 Å². The van der Waals surface area contributed by atoms with E-state index in [2.05, 4.69) is 27.3 Å². The predicted molar refractivity (Wildman–Crippen MR) is 151 cm³/mol. The predicted octanol–water partition coefficient (Wildman–Crippen LogP) is 5.12. The minimum Gasteiger partial charge on any atom is -0.351 e. The number of amides is 2. The largest absolute Gasteiger partial charge is 0.351 e. The number of nitrogens with zero attached hydrogens (tertiary/aromatic N) is 3. The molecule has 1 unspecified atom stereocenters. The maximum atomic E-state index is 13.7. The van der Waals surface area contributed by atoms with Crippen molar-refractivity contribution >= 4 is 17.5 Å². The zero-order valence-corrected chi connectivity index (χ0v) is 22.1. The lowest BCUT2D eigenvalue weighted by Crippen LogP contribution is -2.39. The van der Waals surface area contributed by atoms with Crippen LogP contribution < -0.4 is 10.2 Å². The molecule has 1 N–H and O–H groups in total. The molecular formula is C32H36N4O2. The van der Waals surface area contributed by atoms with Gasteiger partial charge in [-0.15, -0.1) is 0 Å². The quantitative estimate of drug-likeness (QED) is 0.429. The second-order valence-corrected chi connectivity index (χ2v) is 10.2. The summed E-state index contributed by atoms with van der Waals surface area (Å²) < 4.78 is 0. The monoisotopic (exact) mass is 508 g/mol. The van der Waals surface area contributed by atoms with Gasteiger partial charge in [-0.1, -0.05) is 55.0 Å². The van der Waals surface area contributed by atoms with Gasteiger partial charge in [0.05, 0.1) is 12.2 Å². The smallest absolute Gasteiger partial charge is 0.254 e. The lowest BCUT2D eigenvalue weighted by atomic mass is 9.81. The van der Waals surface area contributed by atoms with Crippen LogP contribution in [-0.2, 0) is 17.8 Å². The summed E-state index contributed by atoms with van der Waals surface area (Å²) in [7, 11) is 0. The van der Waals surface area contributed by atoms with E-state index < -0.39 is 0 Å². The molecule has 2 aromatic carbocycles. The van der Waals surface area contributed by atoms with Crippen molar-refractivity contribution in [2.24, 2.45) is 0 Å². The van der Waals surface area contributed by atoms with E-state index in [1.807, 2.05) is 72.6 Å². The number of fused-ring (bicyclic) bond motifs is 1. The molecule has 6 nitrogen and oxygen atoms in total. The Morgan fingerprint density at radius 1 is 1.00 bits per heavy atom. The highest BCUT2D eigenvalue weighted by molar-refractivity contribution is 6.09. The van der Waals surface area contributed by atoms with Crippen LogP contribution in [0, 0.1) is 0 Å². The number of hydrogen-bond donors (Lipinski definition) is 1. The van der Waals surface area contributed by atoms with Crippen molar-refractivity contribution in [3.05, 3.63) is 107 Å². The minimum atomic E-state index is -0.0565. The third-order valence-corrected chi connectivity index (χ3v) is 7.67. The molecular weight excluding hydrogens is 472 g/mol. The van der Waals surface area contributed by atoms with Crippen LogP contribution in [0.4, 0.5) is 5.69 Å². The Balaban J connectivity index is 1.28. The van der Waals surface area contributed by atoms with Gasteiger partial charge in [0.2, 0.25) is 0 Å². The van der Waals surface area contributed by atoms with Crippen molar-refractivity contribution in [3.8, 4) is 0 Å². The van der Waals surface area contributed by atoms with Crippen LogP contribution in [0.3, 0.4) is 0 Å². The molecule has 3 heterocycles. The van der Waals surface area contributed by atoms with E-state index >= 15 is 0 Å². The van der Waals surface area contributed by atoms with Gasteiger partial charge in [0.1, 0.15) is 0 Å². The molecule has 6 heteroatoms. The zero-order chi connectivity index (χ0) is 26.3. The topological polar surface area (TPSA) is 65.5 Å². The summed E-state index contributed by atoms with van der Waals surface area (Å²) in [6.07, 6.45) is 10.1. The second-order valence-electron chi connectivity index (χ2n) is 10.2. The number of aromatic nitrogens is 1.